The average molecular weight is 611 g/mol. The summed E-state index contributed by atoms with van der Waals surface area (Å²) in [6.07, 6.45) is -0.247. The molecule has 215 valence electrons. The Morgan fingerprint density at radius 3 is 1.67 bits per heavy atom. The Kier molecular flexibility index (Phi) is 7.41. The van der Waals surface area contributed by atoms with Gasteiger partial charge in [0, 0.05) is 62.0 Å². The molecule has 0 bridgehead atoms. The third kappa shape index (κ3) is 3.57. The summed E-state index contributed by atoms with van der Waals surface area (Å²) in [5, 5.41) is 40.6. The molecule has 12 heteroatoms. The van der Waals surface area contributed by atoms with Crippen LogP contribution in [0.15, 0.2) is 21.7 Å². The molecule has 0 saturated heterocycles. The van der Waals surface area contributed by atoms with E-state index in [-0.39, 0.29) is 102 Å². The van der Waals surface area contributed by atoms with E-state index in [2.05, 4.69) is 0 Å². The molecular weight excluding hydrogens is 587 g/mol. The van der Waals surface area contributed by atoms with Gasteiger partial charge in [-0.2, -0.15) is 0 Å². The second kappa shape index (κ2) is 10.1. The molecule has 1 N–H and O–H groups in total. The summed E-state index contributed by atoms with van der Waals surface area (Å²) in [6.45, 7) is 2.71. The third-order valence-corrected chi connectivity index (χ3v) is 8.17. The molecule has 5 aromatic carbocycles. The Labute approximate surface area is 250 Å². The van der Waals surface area contributed by atoms with Crippen LogP contribution in [0.3, 0.4) is 0 Å². The van der Waals surface area contributed by atoms with Gasteiger partial charge in [0.05, 0.1) is 40.0 Å². The molecule has 0 heterocycles. The molecule has 11 nitrogen and oxygen atoms in total. The van der Waals surface area contributed by atoms with E-state index >= 15 is 0 Å². The SMILES string of the molecule is COc1c([O-])c2c(=O)cc(OC)c3c4c(OC)cc(=O)c5c([O-])c(OC)c6c(c(c1C[C@](C)(O)[C@@H]6C(C)=O)c23)c54.[O-2].[V+4]. The summed E-state index contributed by atoms with van der Waals surface area (Å²) in [6, 6.07) is 2.32. The van der Waals surface area contributed by atoms with Crippen LogP contribution >= 0.6 is 0 Å². The number of aliphatic hydroxyl groups is 1. The van der Waals surface area contributed by atoms with Crippen molar-refractivity contribution in [2.75, 3.05) is 28.4 Å². The van der Waals surface area contributed by atoms with Gasteiger partial charge < -0.3 is 39.7 Å². The zero-order valence-corrected chi connectivity index (χ0v) is 24.8. The molecule has 0 saturated carbocycles. The average Bonchev–Trinajstić information content (AvgIpc) is 2.99. The Hall–Kier alpha value is -4.03. The maximum atomic E-state index is 13.9. The fourth-order valence-corrected chi connectivity index (χ4v) is 6.85. The van der Waals surface area contributed by atoms with Gasteiger partial charge in [0.1, 0.15) is 28.8 Å². The van der Waals surface area contributed by atoms with Crippen LogP contribution < -0.4 is 40.0 Å². The fraction of sp³-hybridized carbons (Fsp3) is 0.300. The minimum atomic E-state index is -1.84. The molecule has 0 spiro atoms. The van der Waals surface area contributed by atoms with Crippen molar-refractivity contribution in [1.29, 1.82) is 0 Å². The minimum absolute atomic E-state index is 0. The third-order valence-electron chi connectivity index (χ3n) is 8.17. The zero-order chi connectivity index (χ0) is 29.0. The second-order valence-electron chi connectivity index (χ2n) is 10.3. The van der Waals surface area contributed by atoms with Crippen molar-refractivity contribution in [3.05, 3.63) is 43.7 Å². The second-order valence-corrected chi connectivity index (χ2v) is 10.3. The van der Waals surface area contributed by atoms with Crippen LogP contribution in [0.5, 0.6) is 34.5 Å². The maximum absolute atomic E-state index is 13.9. The first-order valence-corrected chi connectivity index (χ1v) is 12.4. The predicted molar refractivity (Wildman–Crippen MR) is 145 cm³/mol. The van der Waals surface area contributed by atoms with Crippen LogP contribution in [-0.2, 0) is 35.2 Å². The van der Waals surface area contributed by atoms with Crippen molar-refractivity contribution < 1.29 is 63.1 Å². The van der Waals surface area contributed by atoms with E-state index in [9.17, 15) is 29.7 Å². The van der Waals surface area contributed by atoms with E-state index in [1.54, 1.807) is 0 Å². The van der Waals surface area contributed by atoms with Gasteiger partial charge in [0.2, 0.25) is 0 Å². The van der Waals surface area contributed by atoms with E-state index in [1.165, 1.54) is 48.4 Å². The number of fused-ring (bicyclic) bond motifs is 1. The molecule has 2 atom stereocenters. The number of ketones is 1. The molecule has 1 radical (unpaired) electrons. The fourth-order valence-electron chi connectivity index (χ4n) is 6.85. The van der Waals surface area contributed by atoms with Crippen LogP contribution in [0.1, 0.15) is 30.9 Å². The number of ether oxygens (including phenoxy) is 4. The molecule has 6 rings (SSSR count). The predicted octanol–water partition coefficient (Wildman–Crippen LogP) is 1.94. The van der Waals surface area contributed by atoms with Crippen molar-refractivity contribution in [2.45, 2.75) is 31.8 Å². The van der Waals surface area contributed by atoms with Crippen molar-refractivity contribution in [2.24, 2.45) is 0 Å². The Morgan fingerprint density at radius 1 is 0.786 bits per heavy atom. The van der Waals surface area contributed by atoms with Gasteiger partial charge in [-0.15, -0.1) is 0 Å². The summed E-state index contributed by atoms with van der Waals surface area (Å²) < 4.78 is 22.3. The number of Topliss-reactive ketones (excluding diaryl/α,β-unsaturated/α-hetero) is 1. The molecule has 1 aliphatic carbocycles. The number of hydrogen-bond acceptors (Lipinski definition) is 10. The molecule has 0 aromatic heterocycles. The van der Waals surface area contributed by atoms with Crippen LogP contribution in [-0.4, -0.2) is 44.9 Å². The van der Waals surface area contributed by atoms with E-state index in [0.29, 0.717) is 5.39 Å². The van der Waals surface area contributed by atoms with Crippen molar-refractivity contribution >= 4 is 48.9 Å². The van der Waals surface area contributed by atoms with Crippen LogP contribution in [0, 0.1) is 0 Å². The molecule has 0 fully saturated rings. The molecule has 1 aliphatic rings. The number of hydrogen-bond donors (Lipinski definition) is 1. The molecule has 5 aromatic rings. The van der Waals surface area contributed by atoms with Gasteiger partial charge >= 0.3 is 18.6 Å². The quantitative estimate of drug-likeness (QED) is 0.228. The molecule has 42 heavy (non-hydrogen) atoms. The first-order valence-electron chi connectivity index (χ1n) is 12.4. The first kappa shape index (κ1) is 30.9. The van der Waals surface area contributed by atoms with Crippen LogP contribution in [0.25, 0.3) is 43.1 Å². The van der Waals surface area contributed by atoms with Crippen LogP contribution in [0.4, 0.5) is 0 Å². The Balaban J connectivity index is 0.00000202. The van der Waals surface area contributed by atoms with E-state index in [1.807, 2.05) is 0 Å². The number of benzene rings is 5. The summed E-state index contributed by atoms with van der Waals surface area (Å²) in [5.74, 6) is -3.53. The minimum Gasteiger partial charge on any atom is -2.00 e. The van der Waals surface area contributed by atoms with Crippen molar-refractivity contribution in [1.82, 2.24) is 0 Å². The van der Waals surface area contributed by atoms with Gasteiger partial charge in [-0.25, -0.2) is 0 Å². The van der Waals surface area contributed by atoms with Crippen molar-refractivity contribution in [3.8, 4) is 34.5 Å². The summed E-state index contributed by atoms with van der Waals surface area (Å²) in [4.78, 5) is 40.2. The number of methoxy groups -OCH3 is 4. The first-order chi connectivity index (χ1) is 18.9. The van der Waals surface area contributed by atoms with Gasteiger partial charge in [0.15, 0.2) is 10.9 Å². The van der Waals surface area contributed by atoms with Gasteiger partial charge in [-0.3, -0.25) is 14.4 Å². The van der Waals surface area contributed by atoms with Crippen molar-refractivity contribution in [3.63, 3.8) is 0 Å². The monoisotopic (exact) mass is 611 g/mol. The zero-order valence-electron chi connectivity index (χ0n) is 23.4. The van der Waals surface area contributed by atoms with E-state index in [4.69, 9.17) is 18.9 Å². The largest absolute Gasteiger partial charge is 4.00 e. The smallest absolute Gasteiger partial charge is 2.00 e. The Morgan fingerprint density at radius 2 is 1.24 bits per heavy atom. The summed E-state index contributed by atoms with van der Waals surface area (Å²) >= 11 is 0. The number of rotatable bonds is 5. The topological polar surface area (TPSA) is 183 Å². The van der Waals surface area contributed by atoms with Crippen LogP contribution in [0.2, 0.25) is 0 Å². The molecular formula is C30H24O11V. The van der Waals surface area contributed by atoms with E-state index in [0.717, 1.165) is 6.07 Å². The maximum Gasteiger partial charge on any atom is 4.00 e. The number of carbonyl (C=O) groups excluding carboxylic acids is 1. The molecule has 0 aliphatic heterocycles. The molecule has 0 amide bonds. The van der Waals surface area contributed by atoms with Gasteiger partial charge in [-0.1, -0.05) is 11.5 Å². The molecule has 0 unspecified atom stereocenters. The van der Waals surface area contributed by atoms with Gasteiger partial charge in [-0.05, 0) is 24.6 Å². The van der Waals surface area contributed by atoms with Gasteiger partial charge in [0.25, 0.3) is 0 Å². The Bertz CT molecular complexity index is 2050. The van der Waals surface area contributed by atoms with E-state index < -0.39 is 39.7 Å². The number of carbonyl (C=O) groups is 1. The summed E-state index contributed by atoms with van der Waals surface area (Å²) in [7, 11) is 5.22. The standard InChI is InChI=1S/C30H26O10.O.V/c1-10(31)25-24-22-16-11(9-30(25,2)36)28(39-5)26(34)17-12(32)7-14(37-3)19(21(16)17)20-15(38-4)8-13(33)18(23(20)22)27(35)29(24)40-6;;/h7-8,25,34-36H,9H2,1-6H3;;/q;-2;+4/p-2/t25-,30+;;/m1../s1. The summed E-state index contributed by atoms with van der Waals surface area (Å²) in [5.41, 5.74) is -2.82. The normalized spacial score (nSPS) is 17.7.